The Morgan fingerprint density at radius 3 is 2.32 bits per heavy atom. The molecule has 0 aliphatic carbocycles. The van der Waals surface area contributed by atoms with Crippen LogP contribution in [0.3, 0.4) is 0 Å². The second-order valence-corrected chi connectivity index (χ2v) is 9.76. The molecule has 6 nitrogen and oxygen atoms in total. The number of hydrogen-bond acceptors (Lipinski definition) is 5. The lowest BCUT2D eigenvalue weighted by molar-refractivity contribution is 0.102. The predicted molar refractivity (Wildman–Crippen MR) is 152 cm³/mol. The lowest BCUT2D eigenvalue weighted by Gasteiger charge is -2.15. The van der Waals surface area contributed by atoms with Gasteiger partial charge >= 0.3 is 0 Å². The number of hydrogen-bond donors (Lipinski definition) is 3. The highest BCUT2D eigenvalue weighted by Crippen LogP contribution is 2.42. The van der Waals surface area contributed by atoms with Crippen molar-refractivity contribution in [1.82, 2.24) is 4.98 Å². The van der Waals surface area contributed by atoms with Crippen molar-refractivity contribution in [3.63, 3.8) is 0 Å². The molecule has 0 saturated carbocycles. The van der Waals surface area contributed by atoms with E-state index in [1.807, 2.05) is 49.4 Å². The minimum Gasteiger partial charge on any atom is -0.397 e. The number of nitrogens with one attached hydrogen (secondary N) is 2. The lowest BCUT2D eigenvalue weighted by Crippen LogP contribution is -2.16. The van der Waals surface area contributed by atoms with Gasteiger partial charge in [-0.3, -0.25) is 9.59 Å². The van der Waals surface area contributed by atoms with Gasteiger partial charge in [0.15, 0.2) is 0 Å². The number of amides is 2. The summed E-state index contributed by atoms with van der Waals surface area (Å²) in [5.74, 6) is -1.14. The smallest absolute Gasteiger partial charge is 0.267 e. The van der Waals surface area contributed by atoms with Gasteiger partial charge in [0.25, 0.3) is 11.8 Å². The molecular formula is C30H25FN4O2S. The van der Waals surface area contributed by atoms with E-state index >= 15 is 0 Å². The van der Waals surface area contributed by atoms with Gasteiger partial charge in [0.2, 0.25) is 0 Å². The Morgan fingerprint density at radius 2 is 1.61 bits per heavy atom. The molecule has 4 N–H and O–H groups in total. The molecule has 2 amide bonds. The number of fused-ring (bicyclic) bond motifs is 1. The highest BCUT2D eigenvalue weighted by atomic mass is 32.1. The van der Waals surface area contributed by atoms with E-state index < -0.39 is 5.82 Å². The first-order chi connectivity index (χ1) is 18.4. The Bertz CT molecular complexity index is 1660. The van der Waals surface area contributed by atoms with Gasteiger partial charge in [-0.25, -0.2) is 9.37 Å². The number of anilines is 3. The molecule has 0 bridgehead atoms. The molecule has 0 aliphatic rings. The van der Waals surface area contributed by atoms with Crippen LogP contribution in [0.1, 0.15) is 38.2 Å². The molecule has 190 valence electrons. The number of aromatic nitrogens is 1. The van der Waals surface area contributed by atoms with Crippen molar-refractivity contribution in [3.05, 3.63) is 106 Å². The Morgan fingerprint density at radius 1 is 0.921 bits per heavy atom. The molecule has 5 aromatic rings. The Balaban J connectivity index is 1.67. The third-order valence-electron chi connectivity index (χ3n) is 6.30. The summed E-state index contributed by atoms with van der Waals surface area (Å²) in [4.78, 5) is 32.4. The Hall–Kier alpha value is -4.56. The first-order valence-corrected chi connectivity index (χ1v) is 12.9. The predicted octanol–water partition coefficient (Wildman–Crippen LogP) is 7.06. The summed E-state index contributed by atoms with van der Waals surface area (Å²) >= 11 is 1.16. The molecule has 0 spiro atoms. The van der Waals surface area contributed by atoms with Crippen molar-refractivity contribution in [3.8, 4) is 11.1 Å². The van der Waals surface area contributed by atoms with Crippen LogP contribution in [-0.2, 0) is 6.42 Å². The first-order valence-electron chi connectivity index (χ1n) is 12.1. The zero-order valence-electron chi connectivity index (χ0n) is 20.8. The van der Waals surface area contributed by atoms with Crippen molar-refractivity contribution in [2.75, 3.05) is 16.4 Å². The molecule has 0 atom stereocenters. The van der Waals surface area contributed by atoms with Crippen LogP contribution in [-0.4, -0.2) is 16.8 Å². The minimum atomic E-state index is -0.404. The number of rotatable bonds is 6. The summed E-state index contributed by atoms with van der Waals surface area (Å²) in [6, 6.07) is 22.5. The molecular weight excluding hydrogens is 499 g/mol. The van der Waals surface area contributed by atoms with Gasteiger partial charge in [0.05, 0.1) is 16.9 Å². The topological polar surface area (TPSA) is 97.1 Å². The second-order valence-electron chi connectivity index (χ2n) is 8.76. The van der Waals surface area contributed by atoms with E-state index in [0.717, 1.165) is 23.3 Å². The van der Waals surface area contributed by atoms with Crippen molar-refractivity contribution >= 4 is 50.4 Å². The van der Waals surface area contributed by atoms with E-state index in [9.17, 15) is 14.0 Å². The van der Waals surface area contributed by atoms with Gasteiger partial charge in [0.1, 0.15) is 15.5 Å². The highest BCUT2D eigenvalue weighted by Gasteiger charge is 2.27. The summed E-state index contributed by atoms with van der Waals surface area (Å²) < 4.78 is 13.8. The Kier molecular flexibility index (Phi) is 6.89. The molecule has 8 heteroatoms. The van der Waals surface area contributed by atoms with Crippen molar-refractivity contribution in [2.45, 2.75) is 20.3 Å². The summed E-state index contributed by atoms with van der Waals surface area (Å²) in [6.07, 6.45) is 0.758. The maximum atomic E-state index is 13.8. The highest BCUT2D eigenvalue weighted by molar-refractivity contribution is 7.21. The molecule has 0 saturated heterocycles. The number of halogens is 1. The molecule has 5 rings (SSSR count). The maximum absolute atomic E-state index is 13.8. The van der Waals surface area contributed by atoms with Crippen LogP contribution in [0.15, 0.2) is 78.9 Å². The van der Waals surface area contributed by atoms with Crippen molar-refractivity contribution < 1.29 is 14.0 Å². The number of carbonyl (C=O) groups excluding carboxylic acids is 2. The van der Waals surface area contributed by atoms with Crippen LogP contribution in [0, 0.1) is 12.7 Å². The average molecular weight is 525 g/mol. The number of aryl methyl sites for hydroxylation is 2. The van der Waals surface area contributed by atoms with Gasteiger partial charge in [-0.1, -0.05) is 55.5 Å². The number of nitrogens with two attached hydrogens (primary N) is 1. The third kappa shape index (κ3) is 4.73. The van der Waals surface area contributed by atoms with E-state index in [1.165, 1.54) is 12.1 Å². The van der Waals surface area contributed by atoms with Gasteiger partial charge in [-0.2, -0.15) is 0 Å². The fraction of sp³-hybridized carbons (Fsp3) is 0.100. The minimum absolute atomic E-state index is 0.220. The van der Waals surface area contributed by atoms with Gasteiger partial charge < -0.3 is 16.4 Å². The maximum Gasteiger partial charge on any atom is 0.267 e. The van der Waals surface area contributed by atoms with Crippen molar-refractivity contribution in [1.29, 1.82) is 0 Å². The number of nitrogen functional groups attached to an aromatic ring is 1. The monoisotopic (exact) mass is 524 g/mol. The van der Waals surface area contributed by atoms with E-state index in [4.69, 9.17) is 5.73 Å². The van der Waals surface area contributed by atoms with Crippen LogP contribution in [0.5, 0.6) is 0 Å². The quantitative estimate of drug-likeness (QED) is 0.221. The number of benzene rings is 3. The molecule has 2 heterocycles. The normalized spacial score (nSPS) is 10.9. The molecule has 0 unspecified atom stereocenters. The summed E-state index contributed by atoms with van der Waals surface area (Å²) in [6.45, 7) is 3.75. The fourth-order valence-corrected chi connectivity index (χ4v) is 5.51. The Labute approximate surface area is 223 Å². The SMILES string of the molecule is CCc1ccccc1NC(=O)c1sc2nc(C)c(C(=O)Nc3ccccc3)c(-c3ccc(F)cc3)c2c1N. The molecule has 0 aliphatic heterocycles. The molecule has 0 fully saturated rings. The van der Waals surface area contributed by atoms with E-state index in [-0.39, 0.29) is 17.5 Å². The van der Waals surface area contributed by atoms with Crippen LogP contribution < -0.4 is 16.4 Å². The number of pyridine rings is 1. The first kappa shape index (κ1) is 25.1. The number of carbonyl (C=O) groups is 2. The average Bonchev–Trinajstić information content (AvgIpc) is 3.25. The third-order valence-corrected chi connectivity index (χ3v) is 7.40. The lowest BCUT2D eigenvalue weighted by atomic mass is 9.94. The van der Waals surface area contributed by atoms with Gasteiger partial charge in [-0.15, -0.1) is 11.3 Å². The summed E-state index contributed by atoms with van der Waals surface area (Å²) in [7, 11) is 0. The number of para-hydroxylation sites is 2. The van der Waals surface area contributed by atoms with E-state index in [2.05, 4.69) is 15.6 Å². The summed E-state index contributed by atoms with van der Waals surface area (Å²) in [5.41, 5.74) is 11.0. The second kappa shape index (κ2) is 10.4. The zero-order chi connectivity index (χ0) is 26.8. The molecule has 2 aromatic heterocycles. The summed E-state index contributed by atoms with van der Waals surface area (Å²) in [5, 5.41) is 6.36. The molecule has 0 radical (unpaired) electrons. The van der Waals surface area contributed by atoms with Crippen LogP contribution in [0.2, 0.25) is 0 Å². The van der Waals surface area contributed by atoms with Gasteiger partial charge in [-0.05, 0) is 54.8 Å². The van der Waals surface area contributed by atoms with Crippen LogP contribution >= 0.6 is 11.3 Å². The standard InChI is InChI=1S/C30H25FN4O2S/c1-3-18-9-7-8-12-22(18)35-29(37)27-26(32)25-24(19-13-15-20(31)16-14-19)23(17(2)33-30(25)38-27)28(36)34-21-10-5-4-6-11-21/h4-16H,3,32H2,1-2H3,(H,34,36)(H,35,37). The van der Waals surface area contributed by atoms with E-state index in [0.29, 0.717) is 48.9 Å². The zero-order valence-corrected chi connectivity index (χ0v) is 21.7. The van der Waals surface area contributed by atoms with Crippen LogP contribution in [0.4, 0.5) is 21.5 Å². The number of thiophene rings is 1. The van der Waals surface area contributed by atoms with Gasteiger partial charge in [0, 0.05) is 22.3 Å². The largest absolute Gasteiger partial charge is 0.397 e. The van der Waals surface area contributed by atoms with Crippen LogP contribution in [0.25, 0.3) is 21.3 Å². The van der Waals surface area contributed by atoms with E-state index in [1.54, 1.807) is 31.2 Å². The molecule has 38 heavy (non-hydrogen) atoms. The van der Waals surface area contributed by atoms with Crippen molar-refractivity contribution in [2.24, 2.45) is 0 Å². The number of nitrogens with zero attached hydrogens (tertiary/aromatic N) is 1. The molecule has 3 aromatic carbocycles. The fourth-order valence-electron chi connectivity index (χ4n) is 4.46.